The maximum atomic E-state index is 12.7. The Bertz CT molecular complexity index is 921. The van der Waals surface area contributed by atoms with Gasteiger partial charge in [0.15, 0.2) is 11.6 Å². The monoisotopic (exact) mass is 277 g/mol. The number of rotatable bonds is 1. The Morgan fingerprint density at radius 2 is 1.62 bits per heavy atom. The number of carbonyl (C=O) groups excluding carboxylic acids is 2. The molecule has 4 rings (SSSR count). The minimum absolute atomic E-state index is 0.137. The second kappa shape index (κ2) is 4.14. The third kappa shape index (κ3) is 1.53. The van der Waals surface area contributed by atoms with Gasteiger partial charge in [-0.1, -0.05) is 30.3 Å². The molecule has 0 saturated carbocycles. The predicted molar refractivity (Wildman–Crippen MR) is 77.5 cm³/mol. The molecule has 4 nitrogen and oxygen atoms in total. The van der Waals surface area contributed by atoms with Gasteiger partial charge in [-0.15, -0.1) is 0 Å². The summed E-state index contributed by atoms with van der Waals surface area (Å²) < 4.78 is 0. The molecule has 2 aromatic carbocycles. The molecule has 4 heteroatoms. The Balaban J connectivity index is 2.08. The molecule has 0 radical (unpaired) electrons. The van der Waals surface area contributed by atoms with Crippen molar-refractivity contribution in [2.45, 2.75) is 6.61 Å². The number of aromatic amines is 1. The van der Waals surface area contributed by atoms with Crippen LogP contribution in [0.3, 0.4) is 0 Å². The number of aromatic nitrogens is 1. The number of carbonyl (C=O) groups is 2. The summed E-state index contributed by atoms with van der Waals surface area (Å²) in [6.45, 7) is -0.137. The zero-order valence-electron chi connectivity index (χ0n) is 11.0. The van der Waals surface area contributed by atoms with Crippen molar-refractivity contribution in [1.82, 2.24) is 4.98 Å². The first-order valence-corrected chi connectivity index (χ1v) is 6.64. The van der Waals surface area contributed by atoms with E-state index >= 15 is 0 Å². The van der Waals surface area contributed by atoms with E-state index in [1.807, 2.05) is 0 Å². The smallest absolute Gasteiger partial charge is 0.196 e. The van der Waals surface area contributed by atoms with Gasteiger partial charge in [-0.25, -0.2) is 0 Å². The summed E-state index contributed by atoms with van der Waals surface area (Å²) in [5, 5.41) is 10.1. The van der Waals surface area contributed by atoms with Crippen LogP contribution in [0, 0.1) is 0 Å². The molecule has 1 aliphatic rings. The molecule has 0 amide bonds. The number of nitrogens with one attached hydrogen (secondary N) is 1. The Morgan fingerprint density at radius 1 is 0.905 bits per heavy atom. The van der Waals surface area contributed by atoms with Crippen LogP contribution in [-0.4, -0.2) is 21.7 Å². The van der Waals surface area contributed by atoms with Gasteiger partial charge in [0.25, 0.3) is 0 Å². The number of ketones is 2. The van der Waals surface area contributed by atoms with Crippen molar-refractivity contribution in [3.63, 3.8) is 0 Å². The topological polar surface area (TPSA) is 70.2 Å². The molecule has 3 aromatic rings. The number of hydrogen-bond donors (Lipinski definition) is 2. The fourth-order valence-electron chi connectivity index (χ4n) is 2.93. The number of fused-ring (bicyclic) bond motifs is 4. The number of hydrogen-bond acceptors (Lipinski definition) is 3. The quantitative estimate of drug-likeness (QED) is 0.561. The lowest BCUT2D eigenvalue weighted by Gasteiger charge is -2.17. The average molecular weight is 277 g/mol. The third-order valence-corrected chi connectivity index (χ3v) is 3.91. The van der Waals surface area contributed by atoms with Crippen LogP contribution in [0.5, 0.6) is 0 Å². The van der Waals surface area contributed by atoms with E-state index in [0.717, 1.165) is 5.39 Å². The summed E-state index contributed by atoms with van der Waals surface area (Å²) in [6, 6.07) is 12.1. The van der Waals surface area contributed by atoms with Crippen molar-refractivity contribution in [3.05, 3.63) is 70.4 Å². The molecule has 0 bridgehead atoms. The lowest BCUT2D eigenvalue weighted by Crippen LogP contribution is -2.21. The summed E-state index contributed by atoms with van der Waals surface area (Å²) in [5.41, 5.74) is 2.93. The molecule has 0 saturated heterocycles. The van der Waals surface area contributed by atoms with Crippen LogP contribution < -0.4 is 0 Å². The first-order valence-electron chi connectivity index (χ1n) is 6.64. The Labute approximate surface area is 120 Å². The number of benzene rings is 2. The second-order valence-electron chi connectivity index (χ2n) is 5.11. The van der Waals surface area contributed by atoms with Crippen molar-refractivity contribution in [2.24, 2.45) is 0 Å². The Kier molecular flexibility index (Phi) is 2.37. The van der Waals surface area contributed by atoms with Gasteiger partial charge < -0.3 is 10.1 Å². The highest BCUT2D eigenvalue weighted by Gasteiger charge is 2.31. The molecule has 1 heterocycles. The van der Waals surface area contributed by atoms with Crippen LogP contribution in [0.4, 0.5) is 0 Å². The van der Waals surface area contributed by atoms with Crippen molar-refractivity contribution >= 4 is 22.5 Å². The molecule has 1 aromatic heterocycles. The van der Waals surface area contributed by atoms with E-state index in [4.69, 9.17) is 0 Å². The molecular formula is C17H11NO3. The van der Waals surface area contributed by atoms with Crippen LogP contribution in [-0.2, 0) is 6.61 Å². The average Bonchev–Trinajstić information content (AvgIpc) is 2.95. The standard InChI is InChI=1S/C17H11NO3/c19-8-10-7-9-5-6-13-14(15(9)18-10)17(21)12-4-2-1-3-11(12)16(13)20/h1-7,18-19H,8H2. The van der Waals surface area contributed by atoms with Gasteiger partial charge in [-0.05, 0) is 12.1 Å². The van der Waals surface area contributed by atoms with Crippen LogP contribution >= 0.6 is 0 Å². The molecule has 21 heavy (non-hydrogen) atoms. The normalized spacial score (nSPS) is 13.4. The molecular weight excluding hydrogens is 266 g/mol. The van der Waals surface area contributed by atoms with Crippen molar-refractivity contribution in [2.75, 3.05) is 0 Å². The molecule has 0 atom stereocenters. The van der Waals surface area contributed by atoms with E-state index in [2.05, 4.69) is 4.98 Å². The van der Waals surface area contributed by atoms with Gasteiger partial charge in [0, 0.05) is 27.8 Å². The summed E-state index contributed by atoms with van der Waals surface area (Å²) >= 11 is 0. The molecule has 0 aliphatic heterocycles. The highest BCUT2D eigenvalue weighted by molar-refractivity contribution is 6.31. The Hall–Kier alpha value is -2.72. The van der Waals surface area contributed by atoms with Gasteiger partial charge in [-0.3, -0.25) is 9.59 Å². The molecule has 2 N–H and O–H groups in total. The zero-order valence-corrected chi connectivity index (χ0v) is 11.0. The zero-order chi connectivity index (χ0) is 14.6. The molecule has 102 valence electrons. The molecule has 0 spiro atoms. The van der Waals surface area contributed by atoms with Gasteiger partial charge >= 0.3 is 0 Å². The van der Waals surface area contributed by atoms with Crippen LogP contribution in [0.25, 0.3) is 10.9 Å². The minimum Gasteiger partial charge on any atom is -0.390 e. The Morgan fingerprint density at radius 3 is 2.33 bits per heavy atom. The first-order chi connectivity index (χ1) is 10.2. The summed E-state index contributed by atoms with van der Waals surface area (Å²) in [5.74, 6) is -0.292. The van der Waals surface area contributed by atoms with E-state index in [-0.39, 0.29) is 18.2 Å². The van der Waals surface area contributed by atoms with Gasteiger partial charge in [0.2, 0.25) is 0 Å². The summed E-state index contributed by atoms with van der Waals surface area (Å²) in [6.07, 6.45) is 0. The fourth-order valence-corrected chi connectivity index (χ4v) is 2.93. The van der Waals surface area contributed by atoms with Crippen molar-refractivity contribution < 1.29 is 14.7 Å². The van der Waals surface area contributed by atoms with Crippen LogP contribution in [0.1, 0.15) is 37.5 Å². The van der Waals surface area contributed by atoms with E-state index in [1.54, 1.807) is 42.5 Å². The van der Waals surface area contributed by atoms with Crippen LogP contribution in [0.2, 0.25) is 0 Å². The SMILES string of the molecule is O=C1c2ccccc2C(=O)c2c1ccc1cc(CO)[nH]c21. The number of aliphatic hydroxyl groups is 1. The predicted octanol–water partition coefficient (Wildman–Crippen LogP) is 2.44. The third-order valence-electron chi connectivity index (χ3n) is 3.91. The largest absolute Gasteiger partial charge is 0.390 e. The summed E-state index contributed by atoms with van der Waals surface area (Å²) in [4.78, 5) is 28.3. The van der Waals surface area contributed by atoms with E-state index < -0.39 is 0 Å². The number of H-pyrrole nitrogens is 1. The molecule has 0 unspecified atom stereocenters. The van der Waals surface area contributed by atoms with Gasteiger partial charge in [-0.2, -0.15) is 0 Å². The van der Waals surface area contributed by atoms with Gasteiger partial charge in [0.05, 0.1) is 17.7 Å². The van der Waals surface area contributed by atoms with Crippen molar-refractivity contribution in [1.29, 1.82) is 0 Å². The lowest BCUT2D eigenvalue weighted by atomic mass is 9.83. The highest BCUT2D eigenvalue weighted by Crippen LogP contribution is 2.32. The van der Waals surface area contributed by atoms with E-state index in [1.165, 1.54) is 0 Å². The first kappa shape index (κ1) is 12.1. The number of aliphatic hydroxyl groups excluding tert-OH is 1. The molecule has 1 aliphatic carbocycles. The highest BCUT2D eigenvalue weighted by atomic mass is 16.3. The van der Waals surface area contributed by atoms with Crippen molar-refractivity contribution in [3.8, 4) is 0 Å². The maximum Gasteiger partial charge on any atom is 0.196 e. The molecule has 0 fully saturated rings. The lowest BCUT2D eigenvalue weighted by molar-refractivity contribution is 0.0980. The fraction of sp³-hybridized carbons (Fsp3) is 0.0588. The van der Waals surface area contributed by atoms with Gasteiger partial charge in [0.1, 0.15) is 0 Å². The van der Waals surface area contributed by atoms with E-state index in [0.29, 0.717) is 33.5 Å². The van der Waals surface area contributed by atoms with E-state index in [9.17, 15) is 14.7 Å². The minimum atomic E-state index is -0.155. The maximum absolute atomic E-state index is 12.7. The summed E-state index contributed by atoms with van der Waals surface area (Å²) in [7, 11) is 0. The second-order valence-corrected chi connectivity index (χ2v) is 5.11. The van der Waals surface area contributed by atoms with Crippen LogP contribution in [0.15, 0.2) is 42.5 Å².